The smallest absolute Gasteiger partial charge is 0.0363 e. The Hall–Kier alpha value is -0.570. The lowest BCUT2D eigenvalue weighted by atomic mass is 9.86. The molecule has 110 valence electrons. The van der Waals surface area contributed by atoms with Gasteiger partial charge in [-0.2, -0.15) is 0 Å². The Morgan fingerprint density at radius 2 is 1.90 bits per heavy atom. The Morgan fingerprint density at radius 3 is 2.50 bits per heavy atom. The Morgan fingerprint density at radius 1 is 1.25 bits per heavy atom. The van der Waals surface area contributed by atoms with Gasteiger partial charge in [-0.1, -0.05) is 39.2 Å². The third-order valence-corrected chi connectivity index (χ3v) is 4.31. The number of fused-ring (bicyclic) bond motifs is 1. The minimum absolute atomic E-state index is 0. The molecular weight excluding hydrogens is 334 g/mol. The van der Waals surface area contributed by atoms with Crippen molar-refractivity contribution in [3.8, 4) is 0 Å². The maximum atomic E-state index is 4.06. The van der Waals surface area contributed by atoms with Gasteiger partial charge < -0.3 is 5.32 Å². The van der Waals surface area contributed by atoms with Gasteiger partial charge in [0.05, 0.1) is 0 Å². The van der Waals surface area contributed by atoms with E-state index in [0.29, 0.717) is 12.1 Å². The first kappa shape index (κ1) is 17.5. The second-order valence-corrected chi connectivity index (χ2v) is 6.60. The molecule has 1 N–H and O–H groups in total. The van der Waals surface area contributed by atoms with Gasteiger partial charge in [-0.05, 0) is 50.3 Å². The maximum Gasteiger partial charge on any atom is 0.0363 e. The van der Waals surface area contributed by atoms with Crippen LogP contribution in [0.15, 0.2) is 47.0 Å². The molecule has 0 fully saturated rings. The molecule has 0 amide bonds. The van der Waals surface area contributed by atoms with Crippen LogP contribution in [-0.4, -0.2) is 6.04 Å². The topological polar surface area (TPSA) is 12.0 Å². The predicted molar refractivity (Wildman–Crippen MR) is 93.6 cm³/mol. The second-order valence-electron chi connectivity index (χ2n) is 5.75. The van der Waals surface area contributed by atoms with Crippen molar-refractivity contribution in [2.75, 3.05) is 0 Å². The van der Waals surface area contributed by atoms with Gasteiger partial charge in [-0.15, -0.1) is 25.6 Å². The fraction of sp³-hybridized carbons (Fsp3) is 0.412. The molecule has 1 aromatic carbocycles. The van der Waals surface area contributed by atoms with E-state index in [4.69, 9.17) is 0 Å². The summed E-state index contributed by atoms with van der Waals surface area (Å²) in [6.07, 6.45) is 3.10. The van der Waals surface area contributed by atoms with Crippen LogP contribution in [0.4, 0.5) is 0 Å². The molecule has 0 aliphatic carbocycles. The van der Waals surface area contributed by atoms with E-state index < -0.39 is 0 Å². The summed E-state index contributed by atoms with van der Waals surface area (Å²) in [5.41, 5.74) is 5.32. The quantitative estimate of drug-likeness (QED) is 0.716. The highest BCUT2D eigenvalue weighted by molar-refractivity contribution is 9.10. The van der Waals surface area contributed by atoms with Crippen molar-refractivity contribution in [3.63, 3.8) is 0 Å². The molecular formula is C17H23BrClN. The molecule has 3 heteroatoms. The fourth-order valence-electron chi connectivity index (χ4n) is 2.87. The summed E-state index contributed by atoms with van der Waals surface area (Å²) in [5.74, 6) is 0. The number of nitrogens with one attached hydrogen (secondary N) is 1. The molecule has 20 heavy (non-hydrogen) atoms. The molecule has 1 heterocycles. The maximum absolute atomic E-state index is 4.06. The summed E-state index contributed by atoms with van der Waals surface area (Å²) >= 11 is 3.70. The number of halogens is 2. The van der Waals surface area contributed by atoms with Gasteiger partial charge in [0.15, 0.2) is 0 Å². The average molecular weight is 357 g/mol. The molecule has 2 atom stereocenters. The minimum atomic E-state index is 0. The van der Waals surface area contributed by atoms with Crippen molar-refractivity contribution in [2.45, 2.75) is 45.2 Å². The van der Waals surface area contributed by atoms with E-state index in [9.17, 15) is 0 Å². The van der Waals surface area contributed by atoms with Crippen LogP contribution in [-0.2, 0) is 6.42 Å². The Kier molecular flexibility index (Phi) is 6.50. The van der Waals surface area contributed by atoms with Crippen molar-refractivity contribution < 1.29 is 0 Å². The van der Waals surface area contributed by atoms with Gasteiger partial charge in [0, 0.05) is 16.6 Å². The summed E-state index contributed by atoms with van der Waals surface area (Å²) in [4.78, 5) is 0. The van der Waals surface area contributed by atoms with E-state index in [2.05, 4.69) is 66.5 Å². The van der Waals surface area contributed by atoms with Crippen molar-refractivity contribution in [1.82, 2.24) is 5.32 Å². The largest absolute Gasteiger partial charge is 0.306 e. The minimum Gasteiger partial charge on any atom is -0.306 e. The van der Waals surface area contributed by atoms with Crippen LogP contribution < -0.4 is 5.32 Å². The predicted octanol–water partition coefficient (Wildman–Crippen LogP) is 5.36. The molecule has 0 unspecified atom stereocenters. The third-order valence-electron chi connectivity index (χ3n) is 3.57. The van der Waals surface area contributed by atoms with E-state index in [0.717, 1.165) is 19.3 Å². The second kappa shape index (κ2) is 7.44. The summed E-state index contributed by atoms with van der Waals surface area (Å²) in [6.45, 7) is 12.3. The number of rotatable bonds is 4. The van der Waals surface area contributed by atoms with Gasteiger partial charge in [0.2, 0.25) is 0 Å². The Bertz CT molecular complexity index is 510. The highest BCUT2D eigenvalue weighted by Crippen LogP contribution is 2.34. The Balaban J connectivity index is 0.00000200. The van der Waals surface area contributed by atoms with E-state index in [1.54, 1.807) is 0 Å². The van der Waals surface area contributed by atoms with Gasteiger partial charge in [-0.25, -0.2) is 0 Å². The van der Waals surface area contributed by atoms with Crippen LogP contribution in [0.5, 0.6) is 0 Å². The van der Waals surface area contributed by atoms with Crippen LogP contribution in [0.2, 0.25) is 0 Å². The lowest BCUT2D eigenvalue weighted by Crippen LogP contribution is -2.39. The SMILES string of the molecule is C=C(C)C[C@@H]1Cc2c(Br)cccc2[C@@H](CC(=C)C)N1.Cl. The molecule has 0 radical (unpaired) electrons. The van der Waals surface area contributed by atoms with Crippen molar-refractivity contribution in [1.29, 1.82) is 0 Å². The summed E-state index contributed by atoms with van der Waals surface area (Å²) in [7, 11) is 0. The molecule has 0 spiro atoms. The highest BCUT2D eigenvalue weighted by atomic mass is 79.9. The summed E-state index contributed by atoms with van der Waals surface area (Å²) < 4.78 is 1.23. The van der Waals surface area contributed by atoms with Gasteiger partial charge in [0.25, 0.3) is 0 Å². The first-order valence-electron chi connectivity index (χ1n) is 6.79. The van der Waals surface area contributed by atoms with E-state index in [1.807, 2.05) is 0 Å². The molecule has 1 nitrogen and oxygen atoms in total. The normalized spacial score (nSPS) is 20.8. The van der Waals surface area contributed by atoms with E-state index >= 15 is 0 Å². The van der Waals surface area contributed by atoms with Crippen LogP contribution in [0.25, 0.3) is 0 Å². The molecule has 0 aromatic heterocycles. The zero-order chi connectivity index (χ0) is 14.0. The molecule has 0 bridgehead atoms. The van der Waals surface area contributed by atoms with Crippen LogP contribution >= 0.6 is 28.3 Å². The monoisotopic (exact) mass is 355 g/mol. The highest BCUT2D eigenvalue weighted by Gasteiger charge is 2.27. The molecule has 2 rings (SSSR count). The average Bonchev–Trinajstić information content (AvgIpc) is 2.29. The van der Waals surface area contributed by atoms with Crippen LogP contribution in [0, 0.1) is 0 Å². The molecule has 0 saturated carbocycles. The van der Waals surface area contributed by atoms with Gasteiger partial charge >= 0.3 is 0 Å². The first-order chi connectivity index (χ1) is 8.97. The lowest BCUT2D eigenvalue weighted by Gasteiger charge is -2.34. The number of benzene rings is 1. The fourth-order valence-corrected chi connectivity index (χ4v) is 3.41. The van der Waals surface area contributed by atoms with Crippen molar-refractivity contribution >= 4 is 28.3 Å². The first-order valence-corrected chi connectivity index (χ1v) is 7.58. The van der Waals surface area contributed by atoms with Crippen molar-refractivity contribution in [2.24, 2.45) is 0 Å². The zero-order valence-electron chi connectivity index (χ0n) is 12.2. The standard InChI is InChI=1S/C17H22BrN.ClH/c1-11(2)8-13-10-15-14(6-5-7-16(15)18)17(19-13)9-12(3)4;/h5-7,13,17,19H,1,3,8-10H2,2,4H3;1H/t13-,17-;/m1./s1. The summed E-state index contributed by atoms with van der Waals surface area (Å²) in [5, 5.41) is 3.76. The van der Waals surface area contributed by atoms with Crippen LogP contribution in [0.3, 0.4) is 0 Å². The summed E-state index contributed by atoms with van der Waals surface area (Å²) in [6, 6.07) is 7.35. The lowest BCUT2D eigenvalue weighted by molar-refractivity contribution is 0.396. The number of hydrogen-bond donors (Lipinski definition) is 1. The molecule has 1 aliphatic heterocycles. The Labute approximate surface area is 137 Å². The van der Waals surface area contributed by atoms with Crippen molar-refractivity contribution in [3.05, 3.63) is 58.1 Å². The third kappa shape index (κ3) is 4.21. The van der Waals surface area contributed by atoms with Gasteiger partial charge in [0.1, 0.15) is 0 Å². The van der Waals surface area contributed by atoms with Crippen LogP contribution in [0.1, 0.15) is 43.9 Å². The molecule has 1 aliphatic rings. The zero-order valence-corrected chi connectivity index (χ0v) is 14.6. The molecule has 0 saturated heterocycles. The van der Waals surface area contributed by atoms with Gasteiger partial charge in [-0.3, -0.25) is 0 Å². The number of hydrogen-bond acceptors (Lipinski definition) is 1. The molecule has 1 aromatic rings. The van der Waals surface area contributed by atoms with E-state index in [1.165, 1.54) is 26.7 Å². The van der Waals surface area contributed by atoms with E-state index in [-0.39, 0.29) is 12.4 Å².